The molecular weight excluding hydrogens is 450 g/mol. The molecule has 0 radical (unpaired) electrons. The van der Waals surface area contributed by atoms with E-state index >= 15 is 0 Å². The van der Waals surface area contributed by atoms with Gasteiger partial charge in [0.15, 0.2) is 16.7 Å². The molecule has 0 atom stereocenters. The summed E-state index contributed by atoms with van der Waals surface area (Å²) in [5, 5.41) is 10.8. The van der Waals surface area contributed by atoms with E-state index in [1.807, 2.05) is 18.8 Å². The lowest BCUT2D eigenvalue weighted by Crippen LogP contribution is -2.04. The van der Waals surface area contributed by atoms with Gasteiger partial charge in [-0.1, -0.05) is 0 Å². The maximum absolute atomic E-state index is 6.36. The molecule has 0 aliphatic heterocycles. The molecule has 12 aromatic heterocycles. The van der Waals surface area contributed by atoms with Crippen LogP contribution in [-0.2, 0) is 0 Å². The second-order valence-electron chi connectivity index (χ2n) is 10.5. The Balaban J connectivity index is 1.68. The Kier molecular flexibility index (Phi) is 1.67. The minimum absolute atomic E-state index is 0.945. The quantitative estimate of drug-likeness (QED) is 0.170. The maximum atomic E-state index is 6.36. The van der Waals surface area contributed by atoms with Crippen LogP contribution in [0.25, 0.3) is 115 Å². The molecule has 0 saturated heterocycles. The average Bonchev–Trinajstić information content (AvgIpc) is 3.70. The first-order valence-corrected chi connectivity index (χ1v) is 12.2. The van der Waals surface area contributed by atoms with E-state index in [9.17, 15) is 0 Å². The second-order valence-corrected chi connectivity index (χ2v) is 10.5. The number of fused-ring (bicyclic) bond motifs is 6. The van der Waals surface area contributed by atoms with Crippen molar-refractivity contribution in [2.45, 2.75) is 0 Å². The predicted molar refractivity (Wildman–Crippen MR) is 141 cm³/mol. The second kappa shape index (κ2) is 4.01. The number of hydrogen-bond donors (Lipinski definition) is 0. The van der Waals surface area contributed by atoms with Gasteiger partial charge in [0.1, 0.15) is 18.8 Å². The molecule has 1 aromatic carbocycles. The summed E-state index contributed by atoms with van der Waals surface area (Å²) < 4.78 is 26.3. The van der Waals surface area contributed by atoms with Crippen LogP contribution in [0.5, 0.6) is 0 Å². The molecule has 13 rings (SSSR count). The fraction of sp³-hybridized carbons (Fsp3) is 0. The highest BCUT2D eigenvalue weighted by Gasteiger charge is 2.34. The van der Waals surface area contributed by atoms with Crippen LogP contribution in [0.4, 0.5) is 0 Å². The van der Waals surface area contributed by atoms with E-state index in [2.05, 4.69) is 49.6 Å². The first-order chi connectivity index (χ1) is 17.9. The number of aromatic nitrogens is 3. The van der Waals surface area contributed by atoms with Crippen LogP contribution in [0, 0.1) is 0 Å². The van der Waals surface area contributed by atoms with Crippen LogP contribution in [-0.4, -0.2) is 13.2 Å². The summed E-state index contributed by atoms with van der Waals surface area (Å²) in [6.45, 7) is 0. The van der Waals surface area contributed by atoms with Gasteiger partial charge in [0.2, 0.25) is 0 Å². The van der Waals surface area contributed by atoms with Crippen molar-refractivity contribution in [3.63, 3.8) is 0 Å². The van der Waals surface area contributed by atoms with E-state index in [0.29, 0.717) is 0 Å². The molecule has 162 valence electrons. The van der Waals surface area contributed by atoms with Crippen molar-refractivity contribution in [2.24, 2.45) is 0 Å². The summed E-state index contributed by atoms with van der Waals surface area (Å²) in [6.07, 6.45) is 5.80. The molecule has 0 aliphatic carbocycles. The zero-order valence-corrected chi connectivity index (χ0v) is 18.3. The van der Waals surface area contributed by atoms with E-state index in [-0.39, 0.29) is 0 Å². The lowest BCUT2D eigenvalue weighted by Gasteiger charge is -2.23. The number of benzene rings is 1. The van der Waals surface area contributed by atoms with Gasteiger partial charge in [-0.25, -0.2) is 0 Å². The van der Waals surface area contributed by atoms with E-state index in [1.165, 1.54) is 48.9 Å². The van der Waals surface area contributed by atoms with Crippen LogP contribution in [0.1, 0.15) is 0 Å². The van der Waals surface area contributed by atoms with Crippen LogP contribution >= 0.6 is 0 Å². The van der Waals surface area contributed by atoms with Crippen molar-refractivity contribution in [1.29, 1.82) is 0 Å². The molecule has 0 N–H and O–H groups in total. The monoisotopic (exact) mass is 459 g/mol. The Morgan fingerprint density at radius 1 is 0.361 bits per heavy atom. The Bertz CT molecular complexity index is 2310. The number of nitrogens with zero attached hydrogens (tertiary/aromatic N) is 3. The van der Waals surface area contributed by atoms with Gasteiger partial charge in [0.25, 0.3) is 0 Å². The molecule has 6 heteroatoms. The molecule has 0 fully saturated rings. The van der Waals surface area contributed by atoms with Gasteiger partial charge in [0.05, 0.1) is 49.7 Å². The molecule has 36 heavy (non-hydrogen) atoms. The molecule has 0 bridgehead atoms. The average molecular weight is 459 g/mol. The third kappa shape index (κ3) is 1.07. The molecule has 0 amide bonds. The van der Waals surface area contributed by atoms with Gasteiger partial charge in [-0.15, -0.1) is 0 Å². The Hall–Kier alpha value is -5.10. The first-order valence-electron chi connectivity index (χ1n) is 12.2. The number of pyridine rings is 6. The van der Waals surface area contributed by atoms with Crippen LogP contribution in [0.2, 0.25) is 0 Å². The fourth-order valence-corrected chi connectivity index (χ4v) is 8.24. The summed E-state index contributed by atoms with van der Waals surface area (Å²) in [4.78, 5) is 0. The zero-order valence-electron chi connectivity index (χ0n) is 18.3. The molecule has 12 heterocycles. The van der Waals surface area contributed by atoms with Crippen molar-refractivity contribution in [3.8, 4) is 0 Å². The molecule has 0 aliphatic rings. The number of rotatable bonds is 0. The number of hydrogen-bond acceptors (Lipinski definition) is 3. The van der Waals surface area contributed by atoms with Crippen LogP contribution in [0.3, 0.4) is 0 Å². The number of furan rings is 3. The van der Waals surface area contributed by atoms with Crippen molar-refractivity contribution in [1.82, 2.24) is 13.2 Å². The molecular formula is C30H9N3O3. The highest BCUT2D eigenvalue weighted by Crippen LogP contribution is 2.55. The molecule has 0 unspecified atom stereocenters. The van der Waals surface area contributed by atoms with Gasteiger partial charge >= 0.3 is 0 Å². The third-order valence-electron chi connectivity index (χ3n) is 9.38. The van der Waals surface area contributed by atoms with Gasteiger partial charge < -0.3 is 26.5 Å². The Morgan fingerprint density at radius 2 is 0.667 bits per heavy atom. The highest BCUT2D eigenvalue weighted by molar-refractivity contribution is 6.47. The fourth-order valence-electron chi connectivity index (χ4n) is 8.24. The smallest absolute Gasteiger partial charge is 0.159 e. The summed E-state index contributed by atoms with van der Waals surface area (Å²) in [6, 6.07) is 13.2. The Labute approximate surface area is 196 Å². The molecule has 0 spiro atoms. The minimum atomic E-state index is 0.945. The minimum Gasteiger partial charge on any atom is -0.461 e. The van der Waals surface area contributed by atoms with E-state index < -0.39 is 0 Å². The van der Waals surface area contributed by atoms with E-state index in [4.69, 9.17) is 13.3 Å². The zero-order chi connectivity index (χ0) is 22.3. The lowest BCUT2D eigenvalue weighted by molar-refractivity contribution is 0.621. The van der Waals surface area contributed by atoms with E-state index in [0.717, 1.165) is 66.0 Å². The van der Waals surface area contributed by atoms with Crippen LogP contribution in [0.15, 0.2) is 68.4 Å². The summed E-state index contributed by atoms with van der Waals surface area (Å²) >= 11 is 0. The van der Waals surface area contributed by atoms with Gasteiger partial charge in [-0.2, -0.15) is 0 Å². The molecule has 0 saturated carbocycles. The maximum Gasteiger partial charge on any atom is 0.159 e. The van der Waals surface area contributed by atoms with Gasteiger partial charge in [-0.3, -0.25) is 0 Å². The summed E-state index contributed by atoms with van der Waals surface area (Å²) in [5.74, 6) is 0. The molecule has 13 aromatic rings. The standard InChI is InChI=1S/C30H9N3O3/c1-4-16-28-20-11(8-35-28)14-3-6-18-30-21-12(9-36-30)15-2-5-17-29-19-10(7-34-29)13(1)31(16)25-22(19)26(32(15)17)24(21)27(23(20)25)33(14)18/h1-9H. The SMILES string of the molecule is c1oc2c3c1c1ccc4c5occ6c5c5c(c3c3c7c8c(coc8c8ccc6n8c57)c5ccc2n53)n14. The van der Waals surface area contributed by atoms with Crippen molar-refractivity contribution in [3.05, 3.63) is 55.2 Å². The third-order valence-corrected chi connectivity index (χ3v) is 9.38. The Morgan fingerprint density at radius 3 is 1.00 bits per heavy atom. The van der Waals surface area contributed by atoms with Crippen molar-refractivity contribution < 1.29 is 13.3 Å². The molecule has 6 nitrogen and oxygen atoms in total. The highest BCUT2D eigenvalue weighted by atomic mass is 16.3. The largest absolute Gasteiger partial charge is 0.461 e. The summed E-state index contributed by atoms with van der Waals surface area (Å²) in [7, 11) is 0. The van der Waals surface area contributed by atoms with Crippen molar-refractivity contribution >= 4 is 115 Å². The first kappa shape index (κ1) is 15.0. The van der Waals surface area contributed by atoms with Gasteiger partial charge in [0, 0.05) is 48.5 Å². The van der Waals surface area contributed by atoms with E-state index in [1.54, 1.807) is 0 Å². The van der Waals surface area contributed by atoms with Crippen LogP contribution < -0.4 is 0 Å². The predicted octanol–water partition coefficient (Wildman–Crippen LogP) is 8.23. The van der Waals surface area contributed by atoms with Crippen molar-refractivity contribution in [2.75, 3.05) is 0 Å². The lowest BCUT2D eigenvalue weighted by atomic mass is 9.92. The topological polar surface area (TPSA) is 52.6 Å². The summed E-state index contributed by atoms with van der Waals surface area (Å²) in [5.41, 5.74) is 13.3. The van der Waals surface area contributed by atoms with Gasteiger partial charge in [-0.05, 0) is 36.4 Å². The normalized spacial score (nSPS) is 14.7.